The number of aromatic hydroxyl groups is 1. The van der Waals surface area contributed by atoms with Crippen LogP contribution in [0.25, 0.3) is 11.1 Å². The van der Waals surface area contributed by atoms with Crippen LogP contribution in [-0.4, -0.2) is 23.5 Å². The molecule has 0 bridgehead atoms. The summed E-state index contributed by atoms with van der Waals surface area (Å²) >= 11 is 0. The van der Waals surface area contributed by atoms with E-state index in [2.05, 4.69) is 11.4 Å². The van der Waals surface area contributed by atoms with E-state index in [0.29, 0.717) is 35.5 Å². The van der Waals surface area contributed by atoms with Crippen LogP contribution >= 0.6 is 0 Å². The Morgan fingerprint density at radius 1 is 0.917 bits per heavy atom. The van der Waals surface area contributed by atoms with Crippen molar-refractivity contribution in [1.82, 2.24) is 0 Å². The van der Waals surface area contributed by atoms with E-state index in [0.717, 1.165) is 29.7 Å². The molecule has 180 valence electrons. The lowest BCUT2D eigenvalue weighted by Crippen LogP contribution is -2.35. The maximum absolute atomic E-state index is 13.2. The first-order valence-corrected chi connectivity index (χ1v) is 12.0. The second-order valence-corrected chi connectivity index (χ2v) is 8.85. The highest BCUT2D eigenvalue weighted by Gasteiger charge is 2.23. The molecule has 36 heavy (non-hydrogen) atoms. The van der Waals surface area contributed by atoms with Gasteiger partial charge < -0.3 is 21.1 Å². The highest BCUT2D eigenvalue weighted by atomic mass is 16.3. The first-order valence-electron chi connectivity index (χ1n) is 12.0. The number of hydrogen-bond acceptors (Lipinski definition) is 4. The van der Waals surface area contributed by atoms with E-state index < -0.39 is 0 Å². The third-order valence-corrected chi connectivity index (χ3v) is 6.49. The molecular weight excluding hydrogens is 450 g/mol. The molecule has 5 rings (SSSR count). The van der Waals surface area contributed by atoms with Crippen LogP contribution in [0.1, 0.15) is 38.3 Å². The summed E-state index contributed by atoms with van der Waals surface area (Å²) in [5.74, 6) is -0.287. The number of phenolic OH excluding ortho intramolecular Hbond substituents is 1. The van der Waals surface area contributed by atoms with Gasteiger partial charge in [-0.2, -0.15) is 0 Å². The number of amides is 2. The van der Waals surface area contributed by atoms with Crippen molar-refractivity contribution in [2.75, 3.05) is 16.8 Å². The van der Waals surface area contributed by atoms with Gasteiger partial charge in [0.25, 0.3) is 11.8 Å². The first-order chi connectivity index (χ1) is 17.5. The van der Waals surface area contributed by atoms with Crippen molar-refractivity contribution in [2.24, 2.45) is 5.73 Å². The number of carbonyl (C=O) groups excluding carboxylic acids is 2. The van der Waals surface area contributed by atoms with Gasteiger partial charge in [0.1, 0.15) is 5.75 Å². The number of aryl methyl sites for hydroxylation is 1. The normalized spacial score (nSPS) is 12.6. The van der Waals surface area contributed by atoms with Crippen molar-refractivity contribution in [3.05, 3.63) is 113 Å². The van der Waals surface area contributed by atoms with Crippen LogP contribution in [0.3, 0.4) is 0 Å². The molecule has 1 heterocycles. The van der Waals surface area contributed by atoms with Crippen LogP contribution in [-0.2, 0) is 13.0 Å². The minimum atomic E-state index is -0.308. The average molecular weight is 478 g/mol. The summed E-state index contributed by atoms with van der Waals surface area (Å²) < 4.78 is 0. The third kappa shape index (κ3) is 4.72. The Labute approximate surface area is 210 Å². The number of hydrogen-bond donors (Lipinski definition) is 3. The van der Waals surface area contributed by atoms with Crippen molar-refractivity contribution >= 4 is 23.2 Å². The fourth-order valence-corrected chi connectivity index (χ4v) is 4.58. The van der Waals surface area contributed by atoms with Crippen LogP contribution in [0, 0.1) is 0 Å². The molecule has 0 aliphatic carbocycles. The number of para-hydroxylation sites is 1. The van der Waals surface area contributed by atoms with Crippen LogP contribution in [0.5, 0.6) is 5.75 Å². The number of anilines is 2. The van der Waals surface area contributed by atoms with E-state index in [1.54, 1.807) is 36.4 Å². The predicted octanol–water partition coefficient (Wildman–Crippen LogP) is 5.36. The Hall–Kier alpha value is -4.42. The molecule has 1 aliphatic heterocycles. The molecule has 0 spiro atoms. The van der Waals surface area contributed by atoms with Gasteiger partial charge in [-0.3, -0.25) is 9.59 Å². The number of carbonyl (C=O) groups is 2. The van der Waals surface area contributed by atoms with Gasteiger partial charge in [-0.25, -0.2) is 0 Å². The van der Waals surface area contributed by atoms with Crippen molar-refractivity contribution in [2.45, 2.75) is 19.4 Å². The largest absolute Gasteiger partial charge is 0.508 e. The second-order valence-electron chi connectivity index (χ2n) is 8.85. The summed E-state index contributed by atoms with van der Waals surface area (Å²) in [5, 5.41) is 12.9. The molecule has 0 fully saturated rings. The SMILES string of the molecule is NCc1ccc(-c2cc(O)ccc2C(=O)Nc2ccc(C(=O)N3CCCc4ccccc43)cc2)cc1. The molecule has 0 saturated carbocycles. The lowest BCUT2D eigenvalue weighted by Gasteiger charge is -2.29. The first kappa shape index (κ1) is 23.3. The van der Waals surface area contributed by atoms with Gasteiger partial charge in [-0.15, -0.1) is 0 Å². The molecule has 6 heteroatoms. The standard InChI is InChI=1S/C30H27N3O3/c31-19-20-7-9-21(10-8-20)27-18-25(34)15-16-26(27)29(35)32-24-13-11-23(12-14-24)30(36)33-17-3-5-22-4-1-2-6-28(22)33/h1-2,4,6-16,18,34H,3,5,17,19,31H2,(H,32,35). The van der Waals surface area contributed by atoms with Gasteiger partial charge >= 0.3 is 0 Å². The molecule has 0 aromatic heterocycles. The van der Waals surface area contributed by atoms with Crippen molar-refractivity contribution in [1.29, 1.82) is 0 Å². The quantitative estimate of drug-likeness (QED) is 0.360. The molecule has 0 saturated heterocycles. The topological polar surface area (TPSA) is 95.7 Å². The zero-order valence-electron chi connectivity index (χ0n) is 19.8. The minimum absolute atomic E-state index is 0.0539. The number of rotatable bonds is 5. The van der Waals surface area contributed by atoms with Gasteiger partial charge in [-0.1, -0.05) is 42.5 Å². The number of phenols is 1. The molecule has 2 amide bonds. The number of nitrogens with two attached hydrogens (primary N) is 1. The zero-order chi connectivity index (χ0) is 25.1. The lowest BCUT2D eigenvalue weighted by atomic mass is 9.97. The molecule has 4 aromatic carbocycles. The molecule has 4 aromatic rings. The number of fused-ring (bicyclic) bond motifs is 1. The van der Waals surface area contributed by atoms with Crippen molar-refractivity contribution in [3.8, 4) is 16.9 Å². The van der Waals surface area contributed by atoms with Crippen LogP contribution < -0.4 is 16.0 Å². The second kappa shape index (κ2) is 10.1. The van der Waals surface area contributed by atoms with E-state index in [1.165, 1.54) is 11.6 Å². The minimum Gasteiger partial charge on any atom is -0.508 e. The van der Waals surface area contributed by atoms with Crippen molar-refractivity contribution < 1.29 is 14.7 Å². The molecule has 0 radical (unpaired) electrons. The molecule has 4 N–H and O–H groups in total. The fraction of sp³-hybridized carbons (Fsp3) is 0.133. The van der Waals surface area contributed by atoms with Gasteiger partial charge in [0.15, 0.2) is 0 Å². The van der Waals surface area contributed by atoms with Crippen LogP contribution in [0.4, 0.5) is 11.4 Å². The van der Waals surface area contributed by atoms with Gasteiger partial charge in [0, 0.05) is 35.6 Å². The van der Waals surface area contributed by atoms with E-state index in [9.17, 15) is 14.7 Å². The average Bonchev–Trinajstić information content (AvgIpc) is 2.92. The predicted molar refractivity (Wildman–Crippen MR) is 142 cm³/mol. The fourth-order valence-electron chi connectivity index (χ4n) is 4.58. The maximum atomic E-state index is 13.2. The number of nitrogens with zero attached hydrogens (tertiary/aromatic N) is 1. The molecule has 6 nitrogen and oxygen atoms in total. The molecular formula is C30H27N3O3. The Kier molecular flexibility index (Phi) is 6.52. The van der Waals surface area contributed by atoms with E-state index in [1.807, 2.05) is 47.4 Å². The molecule has 0 atom stereocenters. The number of benzene rings is 4. The highest BCUT2D eigenvalue weighted by molar-refractivity contribution is 6.10. The Morgan fingerprint density at radius 3 is 2.42 bits per heavy atom. The zero-order valence-corrected chi connectivity index (χ0v) is 19.8. The van der Waals surface area contributed by atoms with E-state index in [-0.39, 0.29) is 17.6 Å². The van der Waals surface area contributed by atoms with E-state index >= 15 is 0 Å². The summed E-state index contributed by atoms with van der Waals surface area (Å²) in [7, 11) is 0. The molecule has 0 unspecified atom stereocenters. The van der Waals surface area contributed by atoms with Gasteiger partial charge in [-0.05, 0) is 83.6 Å². The summed E-state index contributed by atoms with van der Waals surface area (Å²) in [5.41, 5.74) is 11.8. The highest BCUT2D eigenvalue weighted by Crippen LogP contribution is 2.30. The molecule has 1 aliphatic rings. The van der Waals surface area contributed by atoms with Crippen molar-refractivity contribution in [3.63, 3.8) is 0 Å². The Balaban J connectivity index is 1.35. The Morgan fingerprint density at radius 2 is 1.67 bits per heavy atom. The van der Waals surface area contributed by atoms with Gasteiger partial charge in [0.2, 0.25) is 0 Å². The smallest absolute Gasteiger partial charge is 0.258 e. The lowest BCUT2D eigenvalue weighted by molar-refractivity contribution is 0.0984. The summed E-state index contributed by atoms with van der Waals surface area (Å²) in [4.78, 5) is 28.2. The monoisotopic (exact) mass is 477 g/mol. The van der Waals surface area contributed by atoms with Crippen LogP contribution in [0.2, 0.25) is 0 Å². The van der Waals surface area contributed by atoms with Crippen LogP contribution in [0.15, 0.2) is 91.0 Å². The number of nitrogens with one attached hydrogen (secondary N) is 1. The summed E-state index contributed by atoms with van der Waals surface area (Å²) in [6, 6.07) is 27.2. The van der Waals surface area contributed by atoms with Gasteiger partial charge in [0.05, 0.1) is 0 Å². The summed E-state index contributed by atoms with van der Waals surface area (Å²) in [6.45, 7) is 1.11. The third-order valence-electron chi connectivity index (χ3n) is 6.49. The Bertz CT molecular complexity index is 1410. The van der Waals surface area contributed by atoms with E-state index in [4.69, 9.17) is 5.73 Å². The maximum Gasteiger partial charge on any atom is 0.258 e. The summed E-state index contributed by atoms with van der Waals surface area (Å²) in [6.07, 6.45) is 1.90.